The van der Waals surface area contributed by atoms with Gasteiger partial charge in [0.05, 0.1) is 11.7 Å². The molecular formula is C24H50O2. The lowest BCUT2D eigenvalue weighted by Crippen LogP contribution is -2.56. The maximum Gasteiger partial charge on any atom is 0.0932 e. The number of rotatable bonds is 3. The summed E-state index contributed by atoms with van der Waals surface area (Å²) in [6.45, 7) is 32.1. The Kier molecular flexibility index (Phi) is 9.41. The van der Waals surface area contributed by atoms with Gasteiger partial charge in [-0.05, 0) is 43.4 Å². The van der Waals surface area contributed by atoms with Crippen LogP contribution in [0.1, 0.15) is 110 Å². The SMILES string of the molecule is CC(C)=C(C(C)(C)C)C(C)(C)C.CCC(O)C(C)(O)C(C)(C)C(C)(C)C. The average Bonchev–Trinajstić information content (AvgIpc) is 2.32. The minimum Gasteiger partial charge on any atom is -0.390 e. The molecule has 0 saturated carbocycles. The van der Waals surface area contributed by atoms with Gasteiger partial charge >= 0.3 is 0 Å². The Balaban J connectivity index is 0. The van der Waals surface area contributed by atoms with Crippen LogP contribution in [-0.4, -0.2) is 21.9 Å². The Bertz CT molecular complexity index is 440. The molecular weight excluding hydrogens is 320 g/mol. The average molecular weight is 371 g/mol. The lowest BCUT2D eigenvalue weighted by Gasteiger charge is -2.51. The summed E-state index contributed by atoms with van der Waals surface area (Å²) < 4.78 is 0. The van der Waals surface area contributed by atoms with Crippen molar-refractivity contribution in [1.82, 2.24) is 0 Å². The smallest absolute Gasteiger partial charge is 0.0932 e. The van der Waals surface area contributed by atoms with Crippen molar-refractivity contribution in [2.24, 2.45) is 21.7 Å². The quantitative estimate of drug-likeness (QED) is 0.525. The largest absolute Gasteiger partial charge is 0.390 e. The molecule has 0 aromatic rings. The fourth-order valence-electron chi connectivity index (χ4n) is 4.20. The summed E-state index contributed by atoms with van der Waals surface area (Å²) in [6.07, 6.45) is -0.0938. The molecule has 0 bridgehead atoms. The van der Waals surface area contributed by atoms with Crippen LogP contribution in [0.25, 0.3) is 0 Å². The molecule has 2 nitrogen and oxygen atoms in total. The van der Waals surface area contributed by atoms with E-state index in [4.69, 9.17) is 0 Å². The van der Waals surface area contributed by atoms with Crippen molar-refractivity contribution >= 4 is 0 Å². The van der Waals surface area contributed by atoms with Gasteiger partial charge in [0.15, 0.2) is 0 Å². The zero-order valence-electron chi connectivity index (χ0n) is 20.7. The molecule has 2 unspecified atom stereocenters. The normalized spacial score (nSPS) is 17.0. The molecule has 2 N–H and O–H groups in total. The first-order chi connectivity index (χ1) is 11.0. The van der Waals surface area contributed by atoms with E-state index in [1.165, 1.54) is 5.57 Å². The van der Waals surface area contributed by atoms with E-state index < -0.39 is 11.7 Å². The molecule has 0 aromatic heterocycles. The van der Waals surface area contributed by atoms with Crippen molar-refractivity contribution < 1.29 is 10.2 Å². The van der Waals surface area contributed by atoms with Gasteiger partial charge in [0.2, 0.25) is 0 Å². The van der Waals surface area contributed by atoms with E-state index in [2.05, 4.69) is 76.2 Å². The van der Waals surface area contributed by atoms with E-state index in [9.17, 15) is 10.2 Å². The summed E-state index contributed by atoms with van der Waals surface area (Å²) in [7, 11) is 0. The van der Waals surface area contributed by atoms with E-state index in [1.54, 1.807) is 12.5 Å². The van der Waals surface area contributed by atoms with Crippen molar-refractivity contribution in [2.45, 2.75) is 122 Å². The summed E-state index contributed by atoms with van der Waals surface area (Å²) in [6, 6.07) is 0. The molecule has 26 heavy (non-hydrogen) atoms. The first kappa shape index (κ1) is 27.9. The molecule has 158 valence electrons. The summed E-state index contributed by atoms with van der Waals surface area (Å²) in [5.74, 6) is 0. The molecule has 2 heteroatoms. The molecule has 0 saturated heterocycles. The molecule has 0 amide bonds. The Morgan fingerprint density at radius 2 is 1.04 bits per heavy atom. The summed E-state index contributed by atoms with van der Waals surface area (Å²) in [4.78, 5) is 0. The van der Waals surface area contributed by atoms with E-state index in [0.29, 0.717) is 17.3 Å². The Morgan fingerprint density at radius 1 is 0.731 bits per heavy atom. The van der Waals surface area contributed by atoms with Crippen LogP contribution in [0.5, 0.6) is 0 Å². The molecule has 2 atom stereocenters. The van der Waals surface area contributed by atoms with Crippen LogP contribution >= 0.6 is 0 Å². The van der Waals surface area contributed by atoms with Crippen molar-refractivity contribution in [2.75, 3.05) is 0 Å². The minimum atomic E-state index is -1.06. The van der Waals surface area contributed by atoms with Gasteiger partial charge in [0.1, 0.15) is 0 Å². The second-order valence-electron chi connectivity index (χ2n) is 11.8. The molecule has 0 aliphatic heterocycles. The van der Waals surface area contributed by atoms with Gasteiger partial charge in [0.25, 0.3) is 0 Å². The lowest BCUT2D eigenvalue weighted by molar-refractivity contribution is -0.171. The zero-order valence-corrected chi connectivity index (χ0v) is 20.7. The Morgan fingerprint density at radius 3 is 1.15 bits per heavy atom. The maximum absolute atomic E-state index is 10.4. The van der Waals surface area contributed by atoms with Crippen LogP contribution in [0, 0.1) is 21.7 Å². The third kappa shape index (κ3) is 7.00. The second-order valence-corrected chi connectivity index (χ2v) is 11.8. The van der Waals surface area contributed by atoms with Crippen LogP contribution < -0.4 is 0 Å². The van der Waals surface area contributed by atoms with Crippen molar-refractivity contribution in [3.63, 3.8) is 0 Å². The van der Waals surface area contributed by atoms with Crippen LogP contribution in [0.4, 0.5) is 0 Å². The highest BCUT2D eigenvalue weighted by atomic mass is 16.3. The van der Waals surface area contributed by atoms with Gasteiger partial charge < -0.3 is 10.2 Å². The van der Waals surface area contributed by atoms with E-state index in [0.717, 1.165) is 0 Å². The molecule has 0 spiro atoms. The van der Waals surface area contributed by atoms with Crippen LogP contribution in [0.15, 0.2) is 11.1 Å². The number of hydrogen-bond acceptors (Lipinski definition) is 2. The fourth-order valence-corrected chi connectivity index (χ4v) is 4.20. The summed E-state index contributed by atoms with van der Waals surface area (Å²) in [5, 5.41) is 20.2. The highest BCUT2D eigenvalue weighted by molar-refractivity contribution is 5.22. The Hall–Kier alpha value is -0.340. The zero-order chi connectivity index (χ0) is 21.9. The van der Waals surface area contributed by atoms with Gasteiger partial charge in [-0.2, -0.15) is 0 Å². The number of allylic oxidation sites excluding steroid dienone is 2. The second kappa shape index (κ2) is 8.78. The van der Waals surface area contributed by atoms with Crippen molar-refractivity contribution in [3.8, 4) is 0 Å². The fraction of sp³-hybridized carbons (Fsp3) is 0.917. The van der Waals surface area contributed by atoms with Gasteiger partial charge in [0, 0.05) is 5.41 Å². The summed E-state index contributed by atoms with van der Waals surface area (Å²) in [5.41, 5.74) is 2.21. The van der Waals surface area contributed by atoms with E-state index in [-0.39, 0.29) is 10.8 Å². The predicted molar refractivity (Wildman–Crippen MR) is 117 cm³/mol. The molecule has 0 rings (SSSR count). The van der Waals surface area contributed by atoms with Gasteiger partial charge in [-0.3, -0.25) is 0 Å². The van der Waals surface area contributed by atoms with Crippen LogP contribution in [0.3, 0.4) is 0 Å². The third-order valence-corrected chi connectivity index (χ3v) is 6.18. The predicted octanol–water partition coefficient (Wildman–Crippen LogP) is 7.00. The van der Waals surface area contributed by atoms with Crippen molar-refractivity contribution in [3.05, 3.63) is 11.1 Å². The number of aliphatic hydroxyl groups is 2. The van der Waals surface area contributed by atoms with Gasteiger partial charge in [-0.1, -0.05) is 94.2 Å². The molecule has 0 fully saturated rings. The lowest BCUT2D eigenvalue weighted by atomic mass is 9.58. The molecule has 0 aliphatic carbocycles. The third-order valence-electron chi connectivity index (χ3n) is 6.18. The standard InChI is InChI=1S/C12H26O2.C12H24/c1-8-9(13)12(7,14)11(5,6)10(2,3)4;1-9(2)10(11(3,4)5)12(6,7)8/h9,13-14H,8H2,1-7H3;1-8H3. The summed E-state index contributed by atoms with van der Waals surface area (Å²) >= 11 is 0. The Labute approximate surface area is 165 Å². The molecule has 0 radical (unpaired) electrons. The number of aliphatic hydroxyl groups excluding tert-OH is 1. The molecule has 0 aromatic carbocycles. The van der Waals surface area contributed by atoms with Crippen molar-refractivity contribution in [1.29, 1.82) is 0 Å². The van der Waals surface area contributed by atoms with Gasteiger partial charge in [-0.15, -0.1) is 0 Å². The van der Waals surface area contributed by atoms with E-state index in [1.807, 2.05) is 20.8 Å². The number of hydrogen-bond donors (Lipinski definition) is 2. The first-order valence-electron chi connectivity index (χ1n) is 10.1. The maximum atomic E-state index is 10.4. The van der Waals surface area contributed by atoms with Crippen LogP contribution in [0.2, 0.25) is 0 Å². The highest BCUT2D eigenvalue weighted by Gasteiger charge is 2.50. The van der Waals surface area contributed by atoms with Crippen LogP contribution in [-0.2, 0) is 0 Å². The minimum absolute atomic E-state index is 0.0490. The van der Waals surface area contributed by atoms with E-state index >= 15 is 0 Å². The highest BCUT2D eigenvalue weighted by Crippen LogP contribution is 2.48. The molecule has 0 aliphatic rings. The van der Waals surface area contributed by atoms with Gasteiger partial charge in [-0.25, -0.2) is 0 Å². The first-order valence-corrected chi connectivity index (χ1v) is 10.1. The molecule has 0 heterocycles. The monoisotopic (exact) mass is 370 g/mol. The topological polar surface area (TPSA) is 40.5 Å².